The molecule has 0 spiro atoms. The summed E-state index contributed by atoms with van der Waals surface area (Å²) < 4.78 is 16.6. The van der Waals surface area contributed by atoms with Crippen molar-refractivity contribution in [2.75, 3.05) is 20.1 Å². The third kappa shape index (κ3) is 3.40. The van der Waals surface area contributed by atoms with Gasteiger partial charge in [-0.25, -0.2) is 14.4 Å². The second-order valence-electron chi connectivity index (χ2n) is 10.6. The Kier molecular flexibility index (Phi) is 5.04. The van der Waals surface area contributed by atoms with Crippen molar-refractivity contribution >= 4 is 17.2 Å². The van der Waals surface area contributed by atoms with Crippen LogP contribution < -0.4 is 5.56 Å². The number of hydrogen-bond donors (Lipinski definition) is 0. The maximum absolute atomic E-state index is 15.1. The molecule has 2 saturated carbocycles. The van der Waals surface area contributed by atoms with E-state index >= 15 is 4.39 Å². The monoisotopic (exact) mass is 496 g/mol. The summed E-state index contributed by atoms with van der Waals surface area (Å²) in [7, 11) is 1.84. The molecule has 3 heterocycles. The van der Waals surface area contributed by atoms with Gasteiger partial charge in [0.15, 0.2) is 5.65 Å². The van der Waals surface area contributed by atoms with Crippen LogP contribution in [0.2, 0.25) is 5.02 Å². The third-order valence-electron chi connectivity index (χ3n) is 8.66. The predicted molar refractivity (Wildman–Crippen MR) is 131 cm³/mol. The van der Waals surface area contributed by atoms with Crippen molar-refractivity contribution in [1.82, 2.24) is 19.4 Å². The van der Waals surface area contributed by atoms with Gasteiger partial charge in [-0.05, 0) is 63.1 Å². The van der Waals surface area contributed by atoms with Gasteiger partial charge in [-0.1, -0.05) is 18.0 Å². The highest BCUT2D eigenvalue weighted by atomic mass is 35.5. The minimum Gasteiger partial charge on any atom is -0.269 e. The molecule has 1 saturated heterocycles. The Hall–Kier alpha value is -2.87. The van der Waals surface area contributed by atoms with E-state index in [0.717, 1.165) is 42.8 Å². The molecule has 0 bridgehead atoms. The summed E-state index contributed by atoms with van der Waals surface area (Å²) in [5.74, 6) is 0.678. The average Bonchev–Trinajstić information content (AvgIpc) is 3.49. The van der Waals surface area contributed by atoms with Crippen molar-refractivity contribution < 1.29 is 9.26 Å². The molecule has 0 amide bonds. The maximum Gasteiger partial charge on any atom is 0.261 e. The van der Waals surface area contributed by atoms with E-state index in [1.165, 1.54) is 6.07 Å². The van der Waals surface area contributed by atoms with Gasteiger partial charge < -0.3 is 0 Å². The van der Waals surface area contributed by atoms with Crippen LogP contribution in [-0.2, 0) is 5.41 Å². The summed E-state index contributed by atoms with van der Waals surface area (Å²) in [5.41, 5.74) is 2.68. The Morgan fingerprint density at radius 3 is 2.77 bits per heavy atom. The quantitative estimate of drug-likeness (QED) is 0.500. The first-order valence-electron chi connectivity index (χ1n) is 12.2. The highest BCUT2D eigenvalue weighted by Crippen LogP contribution is 2.65. The van der Waals surface area contributed by atoms with Crippen molar-refractivity contribution in [2.45, 2.75) is 44.9 Å². The van der Waals surface area contributed by atoms with E-state index < -0.39 is 5.82 Å². The summed E-state index contributed by atoms with van der Waals surface area (Å²) in [5, 5.41) is 2.06. The van der Waals surface area contributed by atoms with Gasteiger partial charge in [0.25, 0.3) is 5.56 Å². The number of aromatic nitrogens is 3. The van der Waals surface area contributed by atoms with Crippen LogP contribution in [0.3, 0.4) is 0 Å². The van der Waals surface area contributed by atoms with Crippen LogP contribution in [0.25, 0.3) is 16.9 Å². The van der Waals surface area contributed by atoms with Gasteiger partial charge in [-0.3, -0.25) is 9.20 Å². The minimum absolute atomic E-state index is 0.151. The van der Waals surface area contributed by atoms with E-state index in [4.69, 9.17) is 16.6 Å². The molecule has 3 aliphatic rings. The van der Waals surface area contributed by atoms with Gasteiger partial charge in [-0.15, -0.1) is 5.01 Å². The number of hydrogen-bond acceptors (Lipinski definition) is 4. The standard InChI is InChI=1S/C26H28ClFN5O2/c1-14-15(2)29-24-23(19-7-6-17(27)9-21(19)28)30-22(13-32(24)25(14)34)26-8-4-5-18(20(26)10-26)16-11-31(3)33(35)12-16/h6-7,9,13,16,18,20H,4-5,8,10-12H2,1-3H3/q+1. The van der Waals surface area contributed by atoms with Crippen LogP contribution in [-0.4, -0.2) is 44.4 Å². The average molecular weight is 497 g/mol. The van der Waals surface area contributed by atoms with Gasteiger partial charge >= 0.3 is 0 Å². The summed E-state index contributed by atoms with van der Waals surface area (Å²) in [4.78, 5) is 36.2. The largest absolute Gasteiger partial charge is 0.269 e. The first-order chi connectivity index (χ1) is 16.7. The van der Waals surface area contributed by atoms with Crippen LogP contribution in [0.1, 0.15) is 42.6 Å². The maximum atomic E-state index is 15.1. The van der Waals surface area contributed by atoms with E-state index in [9.17, 15) is 9.70 Å². The molecule has 2 aromatic heterocycles. The number of hydrazine groups is 1. The number of fused-ring (bicyclic) bond motifs is 2. The summed E-state index contributed by atoms with van der Waals surface area (Å²) in [6.45, 7) is 4.85. The van der Waals surface area contributed by atoms with E-state index in [1.54, 1.807) is 35.4 Å². The second kappa shape index (κ2) is 7.82. The van der Waals surface area contributed by atoms with E-state index in [1.807, 2.05) is 13.2 Å². The predicted octanol–water partition coefficient (Wildman–Crippen LogP) is 4.48. The fourth-order valence-corrected chi connectivity index (χ4v) is 6.72. The molecule has 4 unspecified atom stereocenters. The summed E-state index contributed by atoms with van der Waals surface area (Å²) in [6, 6.07) is 4.50. The SMILES string of the molecule is Cc1nc2c(-c3ccc(Cl)cc3F)nc(C34CCCC(C5CN(C)[N+](=O)C5)C3C4)cn2c(=O)c1C. The molecule has 0 N–H and O–H groups in total. The Balaban J connectivity index is 1.51. The number of nitroso groups, excluding NO2 is 1. The van der Waals surface area contributed by atoms with Gasteiger partial charge in [0.2, 0.25) is 6.54 Å². The van der Waals surface area contributed by atoms with Crippen LogP contribution in [0, 0.1) is 42.3 Å². The van der Waals surface area contributed by atoms with Crippen molar-refractivity contribution in [3.8, 4) is 11.3 Å². The molecule has 1 aliphatic heterocycles. The van der Waals surface area contributed by atoms with Crippen LogP contribution in [0.4, 0.5) is 4.39 Å². The fourth-order valence-electron chi connectivity index (χ4n) is 6.56. The van der Waals surface area contributed by atoms with Crippen molar-refractivity contribution in [1.29, 1.82) is 0 Å². The molecular formula is C26H28ClFN5O2+. The van der Waals surface area contributed by atoms with Gasteiger partial charge in [-0.2, -0.15) is 0 Å². The van der Waals surface area contributed by atoms with Gasteiger partial charge in [0.1, 0.15) is 16.4 Å². The zero-order valence-electron chi connectivity index (χ0n) is 20.1. The van der Waals surface area contributed by atoms with Gasteiger partial charge in [0.05, 0.1) is 30.1 Å². The Morgan fingerprint density at radius 2 is 2.06 bits per heavy atom. The number of nitrogens with zero attached hydrogens (tertiary/aromatic N) is 5. The number of benzene rings is 1. The smallest absolute Gasteiger partial charge is 0.261 e. The summed E-state index contributed by atoms with van der Waals surface area (Å²) in [6.07, 6.45) is 5.93. The molecule has 1 aromatic carbocycles. The second-order valence-corrected chi connectivity index (χ2v) is 11.0. The topological polar surface area (TPSA) is 70.6 Å². The lowest BCUT2D eigenvalue weighted by molar-refractivity contribution is -0.680. The molecule has 2 aliphatic carbocycles. The fraction of sp³-hybridized carbons (Fsp3) is 0.500. The molecule has 7 nitrogen and oxygen atoms in total. The number of aryl methyl sites for hydroxylation is 1. The minimum atomic E-state index is -0.493. The normalized spacial score (nSPS) is 28.0. The molecule has 3 aromatic rings. The third-order valence-corrected chi connectivity index (χ3v) is 8.90. The van der Waals surface area contributed by atoms with Gasteiger partial charge in [0, 0.05) is 33.5 Å². The van der Waals surface area contributed by atoms with Crippen molar-refractivity contribution in [2.24, 2.45) is 17.8 Å². The summed E-state index contributed by atoms with van der Waals surface area (Å²) >= 11 is 6.01. The lowest BCUT2D eigenvalue weighted by Gasteiger charge is -2.30. The van der Waals surface area contributed by atoms with Crippen LogP contribution in [0.15, 0.2) is 29.2 Å². The van der Waals surface area contributed by atoms with E-state index in [2.05, 4.69) is 4.98 Å². The zero-order valence-corrected chi connectivity index (χ0v) is 20.8. The number of halogens is 2. The van der Waals surface area contributed by atoms with Crippen molar-refractivity contribution in [3.05, 3.63) is 67.4 Å². The molecule has 9 heteroatoms. The highest BCUT2D eigenvalue weighted by Gasteiger charge is 2.63. The lowest BCUT2D eigenvalue weighted by atomic mass is 9.74. The molecule has 0 radical (unpaired) electrons. The van der Waals surface area contributed by atoms with E-state index in [0.29, 0.717) is 51.9 Å². The zero-order chi connectivity index (χ0) is 24.6. The molecular weight excluding hydrogens is 469 g/mol. The lowest BCUT2D eigenvalue weighted by Crippen LogP contribution is -2.30. The first-order valence-corrected chi connectivity index (χ1v) is 12.6. The molecule has 6 rings (SSSR count). The Labute approximate surface area is 207 Å². The number of rotatable bonds is 3. The molecule has 4 atom stereocenters. The molecule has 3 fully saturated rings. The Bertz CT molecular complexity index is 1460. The van der Waals surface area contributed by atoms with E-state index in [-0.39, 0.29) is 16.5 Å². The van der Waals surface area contributed by atoms with Crippen molar-refractivity contribution in [3.63, 3.8) is 0 Å². The van der Waals surface area contributed by atoms with Crippen LogP contribution in [0.5, 0.6) is 0 Å². The highest BCUT2D eigenvalue weighted by molar-refractivity contribution is 6.30. The molecule has 182 valence electrons. The van der Waals surface area contributed by atoms with Crippen LogP contribution >= 0.6 is 11.6 Å². The molecule has 35 heavy (non-hydrogen) atoms. The Morgan fingerprint density at radius 1 is 1.26 bits per heavy atom. The first kappa shape index (κ1) is 22.6.